The average Bonchev–Trinajstić information content (AvgIpc) is 1.60. The molecule has 0 saturated carbocycles. The number of hydrogen-bond donors (Lipinski definition) is 2. The molecule has 0 amide bonds. The molecule has 2 atom stereocenters. The second kappa shape index (κ2) is 3.35. The van der Waals surface area contributed by atoms with Gasteiger partial charge in [-0.15, -0.1) is 0 Å². The van der Waals surface area contributed by atoms with Crippen molar-refractivity contribution in [2.75, 3.05) is 0 Å². The van der Waals surface area contributed by atoms with E-state index in [-0.39, 0.29) is 11.6 Å². The highest BCUT2D eigenvalue weighted by molar-refractivity contribution is 4.77. The molecular weight excluding hydrogens is 124 g/mol. The standard InChI is InChI=1S/C8H20N2/c1-6(7(2)9)5-8(3,4)10/h6-7H,5,9-10H2,1-4H3. The lowest BCUT2D eigenvalue weighted by Gasteiger charge is -2.25. The van der Waals surface area contributed by atoms with Gasteiger partial charge >= 0.3 is 0 Å². The fraction of sp³-hybridized carbons (Fsp3) is 1.00. The Bertz CT molecular complexity index is 91.9. The van der Waals surface area contributed by atoms with E-state index in [1.54, 1.807) is 0 Å². The van der Waals surface area contributed by atoms with E-state index >= 15 is 0 Å². The fourth-order valence-corrected chi connectivity index (χ4v) is 1.02. The second-order valence-electron chi connectivity index (χ2n) is 4.03. The molecule has 0 aliphatic carbocycles. The molecule has 2 nitrogen and oxygen atoms in total. The largest absolute Gasteiger partial charge is 0.328 e. The first kappa shape index (κ1) is 9.92. The van der Waals surface area contributed by atoms with Gasteiger partial charge in [0.25, 0.3) is 0 Å². The summed E-state index contributed by atoms with van der Waals surface area (Å²) in [6, 6.07) is 0.253. The van der Waals surface area contributed by atoms with Crippen LogP contribution in [0, 0.1) is 5.92 Å². The first-order valence-electron chi connectivity index (χ1n) is 3.87. The van der Waals surface area contributed by atoms with E-state index < -0.39 is 0 Å². The van der Waals surface area contributed by atoms with Gasteiger partial charge in [0.15, 0.2) is 0 Å². The molecule has 0 aromatic heterocycles. The van der Waals surface area contributed by atoms with Crippen LogP contribution < -0.4 is 11.5 Å². The Morgan fingerprint density at radius 2 is 1.70 bits per heavy atom. The molecule has 0 fully saturated rings. The van der Waals surface area contributed by atoms with Crippen LogP contribution in [0.15, 0.2) is 0 Å². The van der Waals surface area contributed by atoms with Gasteiger partial charge in [-0.05, 0) is 33.1 Å². The van der Waals surface area contributed by atoms with Crippen LogP contribution >= 0.6 is 0 Å². The zero-order valence-corrected chi connectivity index (χ0v) is 7.52. The molecule has 4 N–H and O–H groups in total. The molecule has 0 heterocycles. The van der Waals surface area contributed by atoms with Crippen molar-refractivity contribution in [2.45, 2.75) is 45.7 Å². The molecule has 0 aliphatic rings. The van der Waals surface area contributed by atoms with Crippen molar-refractivity contribution in [2.24, 2.45) is 17.4 Å². The molecule has 0 aromatic rings. The Balaban J connectivity index is 3.68. The number of hydrogen-bond acceptors (Lipinski definition) is 2. The van der Waals surface area contributed by atoms with Crippen LogP contribution in [0.2, 0.25) is 0 Å². The minimum Gasteiger partial charge on any atom is -0.328 e. The monoisotopic (exact) mass is 144 g/mol. The Labute approximate surface area is 64.0 Å². The maximum absolute atomic E-state index is 5.82. The summed E-state index contributed by atoms with van der Waals surface area (Å²) in [4.78, 5) is 0. The third-order valence-corrected chi connectivity index (χ3v) is 1.75. The van der Waals surface area contributed by atoms with E-state index in [0.29, 0.717) is 5.92 Å². The predicted molar refractivity (Wildman–Crippen MR) is 45.7 cm³/mol. The first-order chi connectivity index (χ1) is 4.33. The van der Waals surface area contributed by atoms with Gasteiger partial charge in [-0.1, -0.05) is 6.92 Å². The molecule has 0 aromatic carbocycles. The SMILES string of the molecule is CC(N)C(C)CC(C)(C)N. The van der Waals surface area contributed by atoms with E-state index in [4.69, 9.17) is 11.5 Å². The van der Waals surface area contributed by atoms with E-state index in [1.165, 1.54) is 0 Å². The zero-order valence-electron chi connectivity index (χ0n) is 7.52. The van der Waals surface area contributed by atoms with Crippen LogP contribution in [0.5, 0.6) is 0 Å². The highest BCUT2D eigenvalue weighted by Crippen LogP contribution is 2.14. The summed E-state index contributed by atoms with van der Waals surface area (Å²) in [7, 11) is 0. The Morgan fingerprint density at radius 3 is 1.80 bits per heavy atom. The Hall–Kier alpha value is -0.0800. The van der Waals surface area contributed by atoms with Crippen LogP contribution in [0.25, 0.3) is 0 Å². The van der Waals surface area contributed by atoms with Gasteiger partial charge in [0.1, 0.15) is 0 Å². The summed E-state index contributed by atoms with van der Waals surface area (Å²) in [6.45, 7) is 8.23. The lowest BCUT2D eigenvalue weighted by molar-refractivity contribution is 0.345. The summed E-state index contributed by atoms with van der Waals surface area (Å²) in [5.41, 5.74) is 11.4. The summed E-state index contributed by atoms with van der Waals surface area (Å²) in [5, 5.41) is 0. The molecule has 2 unspecified atom stereocenters. The third kappa shape index (κ3) is 4.77. The fourth-order valence-electron chi connectivity index (χ4n) is 1.02. The quantitative estimate of drug-likeness (QED) is 0.623. The molecule has 62 valence electrons. The van der Waals surface area contributed by atoms with Crippen LogP contribution in [0.4, 0.5) is 0 Å². The van der Waals surface area contributed by atoms with Crippen LogP contribution in [0.1, 0.15) is 34.1 Å². The molecular formula is C8H20N2. The molecule has 0 spiro atoms. The van der Waals surface area contributed by atoms with Gasteiger partial charge in [0.2, 0.25) is 0 Å². The van der Waals surface area contributed by atoms with Crippen molar-refractivity contribution in [1.82, 2.24) is 0 Å². The lowest BCUT2D eigenvalue weighted by Crippen LogP contribution is -2.38. The van der Waals surface area contributed by atoms with Crippen molar-refractivity contribution >= 4 is 0 Å². The van der Waals surface area contributed by atoms with E-state index in [2.05, 4.69) is 6.92 Å². The van der Waals surface area contributed by atoms with Gasteiger partial charge in [0.05, 0.1) is 0 Å². The smallest absolute Gasteiger partial charge is 0.0100 e. The highest BCUT2D eigenvalue weighted by Gasteiger charge is 2.17. The second-order valence-corrected chi connectivity index (χ2v) is 4.03. The van der Waals surface area contributed by atoms with Crippen molar-refractivity contribution < 1.29 is 0 Å². The van der Waals surface area contributed by atoms with E-state index in [0.717, 1.165) is 6.42 Å². The Morgan fingerprint density at radius 1 is 1.30 bits per heavy atom. The summed E-state index contributed by atoms with van der Waals surface area (Å²) in [6.07, 6.45) is 0.991. The predicted octanol–water partition coefficient (Wildman–Crippen LogP) is 1.10. The molecule has 0 radical (unpaired) electrons. The molecule has 0 bridgehead atoms. The van der Waals surface area contributed by atoms with Gasteiger partial charge in [0, 0.05) is 11.6 Å². The topological polar surface area (TPSA) is 52.0 Å². The third-order valence-electron chi connectivity index (χ3n) is 1.75. The van der Waals surface area contributed by atoms with Crippen molar-refractivity contribution in [3.63, 3.8) is 0 Å². The summed E-state index contributed by atoms with van der Waals surface area (Å²) < 4.78 is 0. The normalized spacial score (nSPS) is 18.6. The van der Waals surface area contributed by atoms with Crippen LogP contribution in [-0.4, -0.2) is 11.6 Å². The maximum atomic E-state index is 5.82. The Kier molecular flexibility index (Phi) is 3.33. The van der Waals surface area contributed by atoms with Gasteiger partial charge < -0.3 is 11.5 Å². The molecule has 0 saturated heterocycles. The maximum Gasteiger partial charge on any atom is 0.0100 e. The molecule has 10 heavy (non-hydrogen) atoms. The van der Waals surface area contributed by atoms with Crippen molar-refractivity contribution in [1.29, 1.82) is 0 Å². The van der Waals surface area contributed by atoms with E-state index in [9.17, 15) is 0 Å². The summed E-state index contributed by atoms with van der Waals surface area (Å²) >= 11 is 0. The molecule has 2 heteroatoms. The highest BCUT2D eigenvalue weighted by atomic mass is 14.7. The van der Waals surface area contributed by atoms with Crippen molar-refractivity contribution in [3.05, 3.63) is 0 Å². The van der Waals surface area contributed by atoms with Gasteiger partial charge in [-0.3, -0.25) is 0 Å². The number of nitrogens with two attached hydrogens (primary N) is 2. The van der Waals surface area contributed by atoms with Crippen LogP contribution in [-0.2, 0) is 0 Å². The zero-order chi connectivity index (χ0) is 8.36. The van der Waals surface area contributed by atoms with E-state index in [1.807, 2.05) is 20.8 Å². The first-order valence-corrected chi connectivity index (χ1v) is 3.87. The van der Waals surface area contributed by atoms with Crippen molar-refractivity contribution in [3.8, 4) is 0 Å². The van der Waals surface area contributed by atoms with Gasteiger partial charge in [-0.25, -0.2) is 0 Å². The molecule has 0 aliphatic heterocycles. The van der Waals surface area contributed by atoms with Gasteiger partial charge in [-0.2, -0.15) is 0 Å². The lowest BCUT2D eigenvalue weighted by atomic mass is 9.89. The molecule has 0 rings (SSSR count). The summed E-state index contributed by atoms with van der Waals surface area (Å²) in [5.74, 6) is 0.514. The van der Waals surface area contributed by atoms with Crippen LogP contribution in [0.3, 0.4) is 0 Å². The number of rotatable bonds is 3. The minimum atomic E-state index is -0.0763. The minimum absolute atomic E-state index is 0.0763. The average molecular weight is 144 g/mol.